The highest BCUT2D eigenvalue weighted by atomic mass is 16.5. The maximum Gasteiger partial charge on any atom is 0.0812 e. The van der Waals surface area contributed by atoms with Gasteiger partial charge in [0.05, 0.1) is 12.7 Å². The molecule has 2 nitrogen and oxygen atoms in total. The average Bonchev–Trinajstić information content (AvgIpc) is 3.16. The van der Waals surface area contributed by atoms with Gasteiger partial charge in [-0.3, -0.25) is 0 Å². The summed E-state index contributed by atoms with van der Waals surface area (Å²) in [7, 11) is 0. The van der Waals surface area contributed by atoms with E-state index >= 15 is 0 Å². The fraction of sp³-hybridized carbons (Fsp3) is 0.962. The van der Waals surface area contributed by atoms with E-state index < -0.39 is 0 Å². The summed E-state index contributed by atoms with van der Waals surface area (Å²) in [6.07, 6.45) is 26.3. The van der Waals surface area contributed by atoms with E-state index in [1.165, 1.54) is 116 Å². The van der Waals surface area contributed by atoms with Crippen molar-refractivity contribution in [3.05, 3.63) is 6.92 Å². The van der Waals surface area contributed by atoms with Crippen LogP contribution in [0.5, 0.6) is 0 Å². The van der Waals surface area contributed by atoms with Gasteiger partial charge in [0.25, 0.3) is 0 Å². The van der Waals surface area contributed by atoms with Crippen LogP contribution in [-0.2, 0) is 9.47 Å². The summed E-state index contributed by atoms with van der Waals surface area (Å²) in [6, 6.07) is 0. The second-order valence-electron chi connectivity index (χ2n) is 9.08. The van der Waals surface area contributed by atoms with Crippen molar-refractivity contribution in [1.29, 1.82) is 0 Å². The Labute approximate surface area is 177 Å². The van der Waals surface area contributed by atoms with Gasteiger partial charge in [-0.05, 0) is 25.2 Å². The van der Waals surface area contributed by atoms with Crippen molar-refractivity contribution < 1.29 is 9.47 Å². The van der Waals surface area contributed by atoms with Gasteiger partial charge in [0, 0.05) is 13.2 Å². The molecule has 0 saturated carbocycles. The van der Waals surface area contributed by atoms with Gasteiger partial charge in [0.2, 0.25) is 0 Å². The molecule has 2 heteroatoms. The van der Waals surface area contributed by atoms with E-state index in [0.717, 1.165) is 32.2 Å². The Balaban J connectivity index is 1.79. The minimum Gasteiger partial charge on any atom is -0.379 e. The van der Waals surface area contributed by atoms with Crippen molar-refractivity contribution in [3.8, 4) is 0 Å². The molecule has 1 aliphatic heterocycles. The molecule has 0 bridgehead atoms. The molecule has 0 spiro atoms. The highest BCUT2D eigenvalue weighted by molar-refractivity contribution is 4.73. The molecule has 1 heterocycles. The molecule has 28 heavy (non-hydrogen) atoms. The van der Waals surface area contributed by atoms with Gasteiger partial charge in [0.15, 0.2) is 0 Å². The van der Waals surface area contributed by atoms with Gasteiger partial charge in [-0.2, -0.15) is 0 Å². The number of hydrogen-bond donors (Lipinski definition) is 0. The Morgan fingerprint density at radius 1 is 0.750 bits per heavy atom. The van der Waals surface area contributed by atoms with Crippen molar-refractivity contribution in [2.75, 3.05) is 19.8 Å². The van der Waals surface area contributed by atoms with Crippen LogP contribution in [0.15, 0.2) is 0 Å². The largest absolute Gasteiger partial charge is 0.379 e. The first kappa shape index (κ1) is 26.0. The van der Waals surface area contributed by atoms with E-state index in [9.17, 15) is 0 Å². The summed E-state index contributed by atoms with van der Waals surface area (Å²) < 4.78 is 11.8. The molecule has 0 aromatic heterocycles. The molecule has 0 aromatic rings. The van der Waals surface area contributed by atoms with E-state index in [1.807, 2.05) is 0 Å². The Morgan fingerprint density at radius 2 is 1.32 bits per heavy atom. The van der Waals surface area contributed by atoms with Gasteiger partial charge in [-0.1, -0.05) is 117 Å². The fourth-order valence-corrected chi connectivity index (χ4v) is 4.32. The summed E-state index contributed by atoms with van der Waals surface area (Å²) in [5.74, 6) is 0.786. The minimum atomic E-state index is 0.363. The lowest BCUT2D eigenvalue weighted by Crippen LogP contribution is -2.14. The van der Waals surface area contributed by atoms with Crippen LogP contribution in [-0.4, -0.2) is 25.9 Å². The first-order valence-electron chi connectivity index (χ1n) is 12.9. The van der Waals surface area contributed by atoms with Crippen LogP contribution in [0.2, 0.25) is 0 Å². The highest BCUT2D eigenvalue weighted by Gasteiger charge is 2.24. The normalized spacial score (nSPS) is 19.5. The molecule has 0 N–H and O–H groups in total. The van der Waals surface area contributed by atoms with Crippen LogP contribution >= 0.6 is 0 Å². The van der Waals surface area contributed by atoms with Gasteiger partial charge < -0.3 is 9.47 Å². The molecule has 1 rings (SSSR count). The third-order valence-electron chi connectivity index (χ3n) is 6.22. The summed E-state index contributed by atoms with van der Waals surface area (Å²) in [4.78, 5) is 0. The Hall–Kier alpha value is -0.0800. The van der Waals surface area contributed by atoms with Crippen molar-refractivity contribution in [2.45, 2.75) is 135 Å². The molecule has 1 saturated heterocycles. The second-order valence-corrected chi connectivity index (χ2v) is 9.08. The quantitative estimate of drug-likeness (QED) is 0.182. The molecule has 1 aliphatic rings. The molecular weight excluding hydrogens is 344 g/mol. The van der Waals surface area contributed by atoms with Gasteiger partial charge in [-0.25, -0.2) is 0 Å². The van der Waals surface area contributed by atoms with Gasteiger partial charge in [-0.15, -0.1) is 0 Å². The summed E-state index contributed by atoms with van der Waals surface area (Å²) in [5.41, 5.74) is 0. The van der Waals surface area contributed by atoms with Crippen molar-refractivity contribution >= 4 is 0 Å². The fourth-order valence-electron chi connectivity index (χ4n) is 4.32. The van der Waals surface area contributed by atoms with E-state index in [2.05, 4.69) is 13.8 Å². The molecule has 0 aromatic carbocycles. The lowest BCUT2D eigenvalue weighted by atomic mass is 9.97. The number of unbranched alkanes of at least 4 members (excludes halogenated alkanes) is 15. The molecule has 0 aliphatic carbocycles. The SMILES string of the molecule is [CH2]CCCCCCOC[C@@H]1C[C@@H](CCCCCCCCCCCCCC)CO1. The van der Waals surface area contributed by atoms with E-state index in [4.69, 9.17) is 9.47 Å². The van der Waals surface area contributed by atoms with Crippen molar-refractivity contribution in [1.82, 2.24) is 0 Å². The Kier molecular flexibility index (Phi) is 18.7. The third kappa shape index (κ3) is 15.8. The number of rotatable bonds is 21. The van der Waals surface area contributed by atoms with Gasteiger partial charge in [0.1, 0.15) is 0 Å². The average molecular weight is 396 g/mol. The lowest BCUT2D eigenvalue weighted by molar-refractivity contribution is 0.0153. The maximum atomic E-state index is 5.93. The first-order valence-corrected chi connectivity index (χ1v) is 12.9. The van der Waals surface area contributed by atoms with Gasteiger partial charge >= 0.3 is 0 Å². The van der Waals surface area contributed by atoms with E-state index in [0.29, 0.717) is 6.10 Å². The zero-order chi connectivity index (χ0) is 20.1. The summed E-state index contributed by atoms with van der Waals surface area (Å²) >= 11 is 0. The maximum absolute atomic E-state index is 5.93. The van der Waals surface area contributed by atoms with Crippen molar-refractivity contribution in [3.63, 3.8) is 0 Å². The lowest BCUT2D eigenvalue weighted by Gasteiger charge is -2.10. The topological polar surface area (TPSA) is 18.5 Å². The third-order valence-corrected chi connectivity index (χ3v) is 6.22. The van der Waals surface area contributed by atoms with Crippen LogP contribution in [0.3, 0.4) is 0 Å². The second kappa shape index (κ2) is 20.2. The smallest absolute Gasteiger partial charge is 0.0812 e. The summed E-state index contributed by atoms with van der Waals surface area (Å²) in [6.45, 7) is 8.86. The molecule has 1 radical (unpaired) electrons. The first-order chi connectivity index (χ1) is 13.9. The number of hydrogen-bond acceptors (Lipinski definition) is 2. The highest BCUT2D eigenvalue weighted by Crippen LogP contribution is 2.25. The predicted octanol–water partition coefficient (Wildman–Crippen LogP) is 8.28. The molecule has 2 atom stereocenters. The molecule has 0 unspecified atom stereocenters. The van der Waals surface area contributed by atoms with Crippen LogP contribution in [0, 0.1) is 12.8 Å². The molecular formula is C26H51O2. The zero-order valence-electron chi connectivity index (χ0n) is 19.2. The standard InChI is InChI=1S/C26H51O2/c1-3-5-7-9-10-11-12-13-14-15-16-18-20-25-22-26(28-23-25)24-27-21-19-17-8-6-4-2/h25-26H,2-24H2,1H3/t25-,26+/m1/s1. The van der Waals surface area contributed by atoms with Crippen LogP contribution in [0.1, 0.15) is 129 Å². The monoisotopic (exact) mass is 395 g/mol. The Bertz CT molecular complexity index is 305. The molecule has 1 fully saturated rings. The predicted molar refractivity (Wildman–Crippen MR) is 123 cm³/mol. The molecule has 0 amide bonds. The Morgan fingerprint density at radius 3 is 1.96 bits per heavy atom. The van der Waals surface area contributed by atoms with Crippen molar-refractivity contribution in [2.24, 2.45) is 5.92 Å². The zero-order valence-corrected chi connectivity index (χ0v) is 19.2. The number of ether oxygens (including phenoxy) is 2. The molecule has 167 valence electrons. The minimum absolute atomic E-state index is 0.363. The van der Waals surface area contributed by atoms with E-state index in [1.54, 1.807) is 0 Å². The van der Waals surface area contributed by atoms with Crippen LogP contribution in [0.4, 0.5) is 0 Å². The summed E-state index contributed by atoms with van der Waals surface area (Å²) in [5, 5.41) is 0. The van der Waals surface area contributed by atoms with Crippen LogP contribution < -0.4 is 0 Å². The van der Waals surface area contributed by atoms with Crippen LogP contribution in [0.25, 0.3) is 0 Å². The van der Waals surface area contributed by atoms with E-state index in [-0.39, 0.29) is 0 Å².